The van der Waals surface area contributed by atoms with Gasteiger partial charge in [-0.1, -0.05) is 42.5 Å². The van der Waals surface area contributed by atoms with Crippen LogP contribution in [0.5, 0.6) is 0 Å². The zero-order valence-electron chi connectivity index (χ0n) is 14.9. The van der Waals surface area contributed by atoms with Gasteiger partial charge in [0.2, 0.25) is 10.0 Å². The zero-order valence-corrected chi connectivity index (χ0v) is 15.7. The third-order valence-corrected chi connectivity index (χ3v) is 5.07. The molecular formula is C20H23N3O2S. The fraction of sp³-hybridized carbons (Fsp3) is 0.200. The van der Waals surface area contributed by atoms with Crippen LogP contribution < -0.4 is 10.9 Å². The standard InChI is InChI=1S/C20H23N3O2S/c1-20(2,21)12-16-13-23-19-15(4-3-5-18(16)19)9-6-14-7-10-17(11-8-14)26(22,24)25/h3-11,13,23H,12,21H2,1-2H3,(H2,22,24,25)/b9-6+. The maximum Gasteiger partial charge on any atom is 0.238 e. The van der Waals surface area contributed by atoms with Gasteiger partial charge >= 0.3 is 0 Å². The Labute approximate surface area is 153 Å². The fourth-order valence-electron chi connectivity index (χ4n) is 2.97. The van der Waals surface area contributed by atoms with Gasteiger partial charge in [-0.15, -0.1) is 0 Å². The molecule has 0 bridgehead atoms. The number of rotatable bonds is 5. The lowest BCUT2D eigenvalue weighted by atomic mass is 9.95. The lowest BCUT2D eigenvalue weighted by Gasteiger charge is -2.17. The molecule has 26 heavy (non-hydrogen) atoms. The summed E-state index contributed by atoms with van der Waals surface area (Å²) in [5.74, 6) is 0. The Morgan fingerprint density at radius 1 is 1.08 bits per heavy atom. The summed E-state index contributed by atoms with van der Waals surface area (Å²) in [5.41, 5.74) is 10.1. The largest absolute Gasteiger partial charge is 0.360 e. The predicted molar refractivity (Wildman–Crippen MR) is 107 cm³/mol. The quantitative estimate of drug-likeness (QED) is 0.602. The van der Waals surface area contributed by atoms with E-state index in [0.717, 1.165) is 28.5 Å². The number of H-pyrrole nitrogens is 1. The van der Waals surface area contributed by atoms with E-state index in [0.29, 0.717) is 0 Å². The van der Waals surface area contributed by atoms with Crippen LogP contribution in [0.15, 0.2) is 53.6 Å². The van der Waals surface area contributed by atoms with Crippen molar-refractivity contribution in [3.8, 4) is 0 Å². The van der Waals surface area contributed by atoms with Gasteiger partial charge in [-0.05, 0) is 49.1 Å². The average molecular weight is 369 g/mol. The number of aromatic amines is 1. The molecule has 3 aromatic rings. The average Bonchev–Trinajstić information content (AvgIpc) is 2.94. The summed E-state index contributed by atoms with van der Waals surface area (Å²) in [4.78, 5) is 3.45. The summed E-state index contributed by atoms with van der Waals surface area (Å²) >= 11 is 0. The van der Waals surface area contributed by atoms with Gasteiger partial charge in [-0.25, -0.2) is 13.6 Å². The summed E-state index contributed by atoms with van der Waals surface area (Å²) in [6, 6.07) is 12.6. The highest BCUT2D eigenvalue weighted by atomic mass is 32.2. The van der Waals surface area contributed by atoms with Crippen LogP contribution in [0, 0.1) is 0 Å². The van der Waals surface area contributed by atoms with Crippen molar-refractivity contribution in [2.75, 3.05) is 0 Å². The van der Waals surface area contributed by atoms with Crippen molar-refractivity contribution in [1.29, 1.82) is 0 Å². The predicted octanol–water partition coefficient (Wildman–Crippen LogP) is 3.27. The van der Waals surface area contributed by atoms with E-state index in [4.69, 9.17) is 10.9 Å². The molecule has 0 amide bonds. The number of aromatic nitrogens is 1. The van der Waals surface area contributed by atoms with Crippen molar-refractivity contribution in [3.63, 3.8) is 0 Å². The maximum absolute atomic E-state index is 11.3. The molecule has 0 fully saturated rings. The highest BCUT2D eigenvalue weighted by Gasteiger charge is 2.15. The van der Waals surface area contributed by atoms with Crippen LogP contribution in [-0.2, 0) is 16.4 Å². The number of hydrogen-bond acceptors (Lipinski definition) is 3. The van der Waals surface area contributed by atoms with E-state index >= 15 is 0 Å². The Morgan fingerprint density at radius 3 is 2.38 bits per heavy atom. The van der Waals surface area contributed by atoms with E-state index in [1.165, 1.54) is 17.7 Å². The van der Waals surface area contributed by atoms with E-state index in [2.05, 4.69) is 11.1 Å². The van der Waals surface area contributed by atoms with Gasteiger partial charge in [-0.2, -0.15) is 0 Å². The first-order chi connectivity index (χ1) is 12.1. The van der Waals surface area contributed by atoms with E-state index < -0.39 is 10.0 Å². The lowest BCUT2D eigenvalue weighted by Crippen LogP contribution is -2.34. The molecule has 0 aliphatic heterocycles. The van der Waals surface area contributed by atoms with Crippen LogP contribution >= 0.6 is 0 Å². The minimum Gasteiger partial charge on any atom is -0.360 e. The van der Waals surface area contributed by atoms with Gasteiger partial charge in [0.1, 0.15) is 0 Å². The van der Waals surface area contributed by atoms with Crippen LogP contribution in [0.3, 0.4) is 0 Å². The number of fused-ring (bicyclic) bond motifs is 1. The molecule has 5 nitrogen and oxygen atoms in total. The molecule has 0 spiro atoms. The van der Waals surface area contributed by atoms with Gasteiger partial charge in [0, 0.05) is 17.1 Å². The molecule has 1 aromatic heterocycles. The van der Waals surface area contributed by atoms with Crippen LogP contribution in [0.2, 0.25) is 0 Å². The maximum atomic E-state index is 11.3. The molecule has 3 rings (SSSR count). The second-order valence-corrected chi connectivity index (χ2v) is 8.76. The Hall–Kier alpha value is -2.41. The molecule has 1 heterocycles. The van der Waals surface area contributed by atoms with Gasteiger partial charge < -0.3 is 10.7 Å². The van der Waals surface area contributed by atoms with Crippen LogP contribution in [0.4, 0.5) is 0 Å². The number of hydrogen-bond donors (Lipinski definition) is 3. The number of nitrogens with one attached hydrogen (secondary N) is 1. The second kappa shape index (κ2) is 6.72. The minimum atomic E-state index is -3.67. The third-order valence-electron chi connectivity index (χ3n) is 4.14. The number of nitrogens with two attached hydrogens (primary N) is 2. The first-order valence-corrected chi connectivity index (χ1v) is 9.87. The van der Waals surface area contributed by atoms with Crippen molar-refractivity contribution in [1.82, 2.24) is 4.98 Å². The SMILES string of the molecule is CC(C)(N)Cc1c[nH]c2c(/C=C/c3ccc(S(N)(=O)=O)cc3)cccc12. The van der Waals surface area contributed by atoms with Crippen molar-refractivity contribution < 1.29 is 8.42 Å². The molecule has 0 unspecified atom stereocenters. The van der Waals surface area contributed by atoms with Crippen LogP contribution in [0.25, 0.3) is 23.1 Å². The molecule has 6 heteroatoms. The molecule has 0 radical (unpaired) electrons. The highest BCUT2D eigenvalue weighted by Crippen LogP contribution is 2.25. The molecule has 2 aromatic carbocycles. The Balaban J connectivity index is 1.90. The van der Waals surface area contributed by atoms with Crippen LogP contribution in [0.1, 0.15) is 30.5 Å². The number of para-hydroxylation sites is 1. The van der Waals surface area contributed by atoms with Crippen molar-refractivity contribution in [2.45, 2.75) is 30.7 Å². The van der Waals surface area contributed by atoms with Gasteiger partial charge in [0.25, 0.3) is 0 Å². The molecule has 0 saturated carbocycles. The minimum absolute atomic E-state index is 0.107. The lowest BCUT2D eigenvalue weighted by molar-refractivity contribution is 0.518. The van der Waals surface area contributed by atoms with Crippen molar-refractivity contribution in [2.24, 2.45) is 10.9 Å². The van der Waals surface area contributed by atoms with E-state index in [1.807, 2.05) is 44.3 Å². The second-order valence-electron chi connectivity index (χ2n) is 7.20. The first kappa shape index (κ1) is 18.4. The van der Waals surface area contributed by atoms with E-state index in [9.17, 15) is 8.42 Å². The summed E-state index contributed by atoms with van der Waals surface area (Å²) in [6.07, 6.45) is 6.74. The van der Waals surface area contributed by atoms with E-state index in [1.54, 1.807) is 12.1 Å². The smallest absolute Gasteiger partial charge is 0.238 e. The van der Waals surface area contributed by atoms with Crippen molar-refractivity contribution in [3.05, 3.63) is 65.4 Å². The van der Waals surface area contributed by atoms with Crippen LogP contribution in [-0.4, -0.2) is 18.9 Å². The Bertz CT molecular complexity index is 1060. The van der Waals surface area contributed by atoms with Crippen molar-refractivity contribution >= 4 is 33.1 Å². The molecule has 136 valence electrons. The summed E-state index contributed by atoms with van der Waals surface area (Å²) in [6.45, 7) is 4.03. The first-order valence-electron chi connectivity index (χ1n) is 8.32. The van der Waals surface area contributed by atoms with E-state index in [-0.39, 0.29) is 10.4 Å². The molecule has 5 N–H and O–H groups in total. The molecule has 0 aliphatic carbocycles. The summed E-state index contributed by atoms with van der Waals surface area (Å²) in [5, 5.41) is 6.28. The summed E-state index contributed by atoms with van der Waals surface area (Å²) in [7, 11) is -3.67. The molecule has 0 atom stereocenters. The number of sulfonamides is 1. The zero-order chi connectivity index (χ0) is 18.9. The molecular weight excluding hydrogens is 346 g/mol. The van der Waals surface area contributed by atoms with Gasteiger partial charge in [-0.3, -0.25) is 0 Å². The molecule has 0 aliphatic rings. The van der Waals surface area contributed by atoms with Gasteiger partial charge in [0.05, 0.1) is 10.4 Å². The number of primary sulfonamides is 1. The molecule has 0 saturated heterocycles. The normalized spacial score (nSPS) is 12.9. The Morgan fingerprint density at radius 2 is 1.77 bits per heavy atom. The topological polar surface area (TPSA) is 102 Å². The fourth-order valence-corrected chi connectivity index (χ4v) is 3.48. The monoisotopic (exact) mass is 369 g/mol. The van der Waals surface area contributed by atoms with Gasteiger partial charge in [0.15, 0.2) is 0 Å². The third kappa shape index (κ3) is 4.22. The number of benzene rings is 2. The summed E-state index contributed by atoms with van der Waals surface area (Å²) < 4.78 is 22.6. The highest BCUT2D eigenvalue weighted by molar-refractivity contribution is 7.89. The Kier molecular flexibility index (Phi) is 4.75.